The molecule has 2 unspecified atom stereocenters. The van der Waals surface area contributed by atoms with Crippen molar-refractivity contribution in [2.75, 3.05) is 5.32 Å². The third-order valence-electron chi connectivity index (χ3n) is 6.03. The van der Waals surface area contributed by atoms with E-state index in [9.17, 15) is 9.59 Å². The van der Waals surface area contributed by atoms with Crippen molar-refractivity contribution >= 4 is 29.2 Å². The van der Waals surface area contributed by atoms with Crippen molar-refractivity contribution in [1.82, 2.24) is 20.1 Å². The van der Waals surface area contributed by atoms with E-state index < -0.39 is 0 Å². The van der Waals surface area contributed by atoms with Gasteiger partial charge in [0, 0.05) is 41.5 Å². The number of hydrogen-bond acceptors (Lipinski definition) is 5. The second-order valence-electron chi connectivity index (χ2n) is 8.19. The summed E-state index contributed by atoms with van der Waals surface area (Å²) in [5, 5.41) is 19.4. The van der Waals surface area contributed by atoms with Crippen molar-refractivity contribution in [2.45, 2.75) is 64.0 Å². The predicted octanol–water partition coefficient (Wildman–Crippen LogP) is 3.46. The third kappa shape index (κ3) is 4.88. The van der Waals surface area contributed by atoms with E-state index in [4.69, 9.17) is 16.9 Å². The van der Waals surface area contributed by atoms with Crippen molar-refractivity contribution in [3.8, 4) is 17.2 Å². The van der Waals surface area contributed by atoms with Gasteiger partial charge in [-0.1, -0.05) is 18.0 Å². The second kappa shape index (κ2) is 9.48. The molecule has 31 heavy (non-hydrogen) atoms. The fourth-order valence-corrected chi connectivity index (χ4v) is 4.70. The van der Waals surface area contributed by atoms with Gasteiger partial charge in [-0.15, -0.1) is 0 Å². The van der Waals surface area contributed by atoms with Gasteiger partial charge < -0.3 is 10.6 Å². The Morgan fingerprint density at radius 2 is 2.10 bits per heavy atom. The van der Waals surface area contributed by atoms with E-state index in [1.54, 1.807) is 6.20 Å². The molecule has 2 atom stereocenters. The zero-order valence-corrected chi connectivity index (χ0v) is 18.0. The zero-order chi connectivity index (χ0) is 21.8. The predicted molar refractivity (Wildman–Crippen MR) is 116 cm³/mol. The number of amides is 2. The second-order valence-corrected chi connectivity index (χ2v) is 8.59. The molecule has 2 aromatic rings. The molecule has 8 nitrogen and oxygen atoms in total. The summed E-state index contributed by atoms with van der Waals surface area (Å²) in [5.74, 6) is -0.166. The number of carbonyl (C=O) groups is 2. The maximum atomic E-state index is 12.9. The first kappa shape index (κ1) is 21.3. The van der Waals surface area contributed by atoms with Crippen molar-refractivity contribution < 1.29 is 9.59 Å². The van der Waals surface area contributed by atoms with Crippen LogP contribution in [0.5, 0.6) is 0 Å². The Hall–Kier alpha value is -2.92. The van der Waals surface area contributed by atoms with Gasteiger partial charge >= 0.3 is 0 Å². The minimum atomic E-state index is -0.290. The van der Waals surface area contributed by atoms with Gasteiger partial charge in [-0.25, -0.2) is 4.98 Å². The van der Waals surface area contributed by atoms with Gasteiger partial charge in [0.25, 0.3) is 0 Å². The van der Waals surface area contributed by atoms with E-state index in [0.29, 0.717) is 17.3 Å². The maximum Gasteiger partial charge on any atom is 0.234 e. The summed E-state index contributed by atoms with van der Waals surface area (Å²) < 4.78 is 2.02. The average Bonchev–Trinajstić information content (AvgIpc) is 3.19. The Balaban J connectivity index is 1.45. The monoisotopic (exact) mass is 440 g/mol. The fourth-order valence-electron chi connectivity index (χ4n) is 4.50. The van der Waals surface area contributed by atoms with Crippen LogP contribution in [-0.2, 0) is 22.6 Å². The molecule has 1 aliphatic carbocycles. The number of aryl methyl sites for hydroxylation is 1. The number of pyridine rings is 1. The van der Waals surface area contributed by atoms with E-state index in [1.165, 1.54) is 5.69 Å². The summed E-state index contributed by atoms with van der Waals surface area (Å²) in [6.07, 6.45) is 9.41. The molecule has 1 saturated carbocycles. The highest BCUT2D eigenvalue weighted by molar-refractivity contribution is 6.33. The first-order chi connectivity index (χ1) is 15.0. The lowest BCUT2D eigenvalue weighted by atomic mass is 9.85. The van der Waals surface area contributed by atoms with Crippen molar-refractivity contribution in [1.29, 1.82) is 5.26 Å². The standard InChI is InChI=1S/C22H25ClN6O2/c23-18-13-25-20(11-16(18)17-12-26-29-9-2-1-6-19(17)29)28-22(31)14-4-3-5-15(10-14)27-21(30)7-8-24/h11-15H,1-7,9-10H2,(H,27,30)(H,25,28,31). The van der Waals surface area contributed by atoms with Crippen LogP contribution in [0.4, 0.5) is 5.82 Å². The maximum absolute atomic E-state index is 12.9. The van der Waals surface area contributed by atoms with Crippen molar-refractivity contribution in [3.63, 3.8) is 0 Å². The SMILES string of the molecule is N#CCC(=O)NC1CCCC(C(=O)Nc2cc(-c3cnn4c3CCCC4)c(Cl)cn2)C1. The van der Waals surface area contributed by atoms with Crippen molar-refractivity contribution in [3.05, 3.63) is 29.2 Å². The van der Waals surface area contributed by atoms with Crippen LogP contribution in [-0.4, -0.2) is 32.6 Å². The van der Waals surface area contributed by atoms with E-state index in [1.807, 2.05) is 23.0 Å². The number of aromatic nitrogens is 3. The lowest BCUT2D eigenvalue weighted by molar-refractivity contribution is -0.124. The molecule has 2 amide bonds. The molecule has 2 aliphatic rings. The number of nitrogens with zero attached hydrogens (tertiary/aromatic N) is 4. The number of hydrogen-bond donors (Lipinski definition) is 2. The van der Waals surface area contributed by atoms with Crippen LogP contribution >= 0.6 is 11.6 Å². The van der Waals surface area contributed by atoms with Gasteiger partial charge in [-0.3, -0.25) is 14.3 Å². The van der Waals surface area contributed by atoms with Crippen LogP contribution in [0.2, 0.25) is 5.02 Å². The molecular weight excluding hydrogens is 416 g/mol. The molecule has 3 heterocycles. The summed E-state index contributed by atoms with van der Waals surface area (Å²) in [4.78, 5) is 28.9. The Kier molecular flexibility index (Phi) is 6.52. The summed E-state index contributed by atoms with van der Waals surface area (Å²) >= 11 is 6.43. The molecule has 1 aliphatic heterocycles. The van der Waals surface area contributed by atoms with E-state index in [2.05, 4.69) is 20.7 Å². The molecular formula is C22H25ClN6O2. The van der Waals surface area contributed by atoms with Gasteiger partial charge in [-0.2, -0.15) is 10.4 Å². The van der Waals surface area contributed by atoms with E-state index >= 15 is 0 Å². The topological polar surface area (TPSA) is 113 Å². The van der Waals surface area contributed by atoms with Crippen LogP contribution in [0.1, 0.15) is 50.6 Å². The van der Waals surface area contributed by atoms with Crippen LogP contribution in [0.25, 0.3) is 11.1 Å². The highest BCUT2D eigenvalue weighted by Crippen LogP contribution is 2.34. The number of rotatable bonds is 5. The van der Waals surface area contributed by atoms with Crippen LogP contribution in [0.3, 0.4) is 0 Å². The number of fused-ring (bicyclic) bond motifs is 1. The molecule has 2 N–H and O–H groups in total. The molecule has 0 radical (unpaired) electrons. The fraction of sp³-hybridized carbons (Fsp3) is 0.500. The average molecular weight is 441 g/mol. The lowest BCUT2D eigenvalue weighted by Crippen LogP contribution is -2.40. The third-order valence-corrected chi connectivity index (χ3v) is 6.33. The number of anilines is 1. The largest absolute Gasteiger partial charge is 0.352 e. The van der Waals surface area contributed by atoms with Gasteiger partial charge in [0.05, 0.1) is 17.3 Å². The Labute approximate surface area is 186 Å². The molecule has 0 spiro atoms. The van der Waals surface area contributed by atoms with Gasteiger partial charge in [0.15, 0.2) is 0 Å². The minimum absolute atomic E-state index is 0.0852. The summed E-state index contributed by atoms with van der Waals surface area (Å²) in [7, 11) is 0. The normalized spacial score (nSPS) is 20.4. The van der Waals surface area contributed by atoms with E-state index in [0.717, 1.165) is 56.2 Å². The first-order valence-corrected chi connectivity index (χ1v) is 11.1. The van der Waals surface area contributed by atoms with E-state index in [-0.39, 0.29) is 30.2 Å². The molecule has 162 valence electrons. The lowest BCUT2D eigenvalue weighted by Gasteiger charge is -2.28. The molecule has 0 aromatic carbocycles. The van der Waals surface area contributed by atoms with Crippen LogP contribution in [0, 0.1) is 17.2 Å². The highest BCUT2D eigenvalue weighted by Gasteiger charge is 2.28. The summed E-state index contributed by atoms with van der Waals surface area (Å²) in [5.41, 5.74) is 2.97. The van der Waals surface area contributed by atoms with Crippen LogP contribution in [0.15, 0.2) is 18.5 Å². The molecule has 2 aromatic heterocycles. The zero-order valence-electron chi connectivity index (χ0n) is 17.2. The number of halogens is 1. The summed E-state index contributed by atoms with van der Waals surface area (Å²) in [6, 6.07) is 3.57. The molecule has 0 saturated heterocycles. The number of carbonyl (C=O) groups excluding carboxylic acids is 2. The number of nitrogens with one attached hydrogen (secondary N) is 2. The minimum Gasteiger partial charge on any atom is -0.352 e. The molecule has 4 rings (SSSR count). The molecule has 1 fully saturated rings. The quantitative estimate of drug-likeness (QED) is 0.739. The van der Waals surface area contributed by atoms with Gasteiger partial charge in [-0.05, 0) is 44.6 Å². The first-order valence-electron chi connectivity index (χ1n) is 10.7. The summed E-state index contributed by atoms with van der Waals surface area (Å²) in [6.45, 7) is 0.912. The highest BCUT2D eigenvalue weighted by atomic mass is 35.5. The van der Waals surface area contributed by atoms with Gasteiger partial charge in [0.1, 0.15) is 12.2 Å². The van der Waals surface area contributed by atoms with Gasteiger partial charge in [0.2, 0.25) is 11.8 Å². The number of nitriles is 1. The smallest absolute Gasteiger partial charge is 0.234 e. The Bertz CT molecular complexity index is 1030. The Morgan fingerprint density at radius 3 is 2.94 bits per heavy atom. The molecule has 9 heteroatoms. The molecule has 0 bridgehead atoms. The Morgan fingerprint density at radius 1 is 1.23 bits per heavy atom. The van der Waals surface area contributed by atoms with Crippen molar-refractivity contribution in [2.24, 2.45) is 5.92 Å². The van der Waals surface area contributed by atoms with Crippen LogP contribution < -0.4 is 10.6 Å².